The van der Waals surface area contributed by atoms with Gasteiger partial charge in [0.05, 0.1) is 12.1 Å². The van der Waals surface area contributed by atoms with Crippen molar-refractivity contribution < 1.29 is 4.74 Å². The van der Waals surface area contributed by atoms with E-state index in [1.165, 1.54) is 5.56 Å². The first-order chi connectivity index (χ1) is 12.3. The van der Waals surface area contributed by atoms with Crippen LogP contribution in [0.2, 0.25) is 0 Å². The van der Waals surface area contributed by atoms with Gasteiger partial charge in [0.25, 0.3) is 0 Å². The Bertz CT molecular complexity index is 998. The molecule has 4 aromatic rings. The third-order valence-electron chi connectivity index (χ3n) is 3.91. The van der Waals surface area contributed by atoms with Crippen LogP contribution in [-0.2, 0) is 6.42 Å². The first-order valence-corrected chi connectivity index (χ1v) is 8.86. The summed E-state index contributed by atoms with van der Waals surface area (Å²) in [5.41, 5.74) is 3.85. The highest BCUT2D eigenvalue weighted by molar-refractivity contribution is 9.10. The molecule has 5 heteroatoms. The number of benzene rings is 2. The fourth-order valence-corrected chi connectivity index (χ4v) is 3.01. The number of halogens is 1. The summed E-state index contributed by atoms with van der Waals surface area (Å²) in [6.07, 6.45) is 2.63. The predicted molar refractivity (Wildman–Crippen MR) is 103 cm³/mol. The molecule has 0 spiro atoms. The lowest BCUT2D eigenvalue weighted by atomic mass is 10.2. The van der Waals surface area contributed by atoms with Crippen LogP contribution < -0.4 is 4.74 Å². The Morgan fingerprint density at radius 3 is 2.76 bits per heavy atom. The van der Waals surface area contributed by atoms with Gasteiger partial charge in [0, 0.05) is 22.7 Å². The van der Waals surface area contributed by atoms with Crippen molar-refractivity contribution >= 4 is 27.1 Å². The van der Waals surface area contributed by atoms with Gasteiger partial charge in [0.15, 0.2) is 5.65 Å². The van der Waals surface area contributed by atoms with E-state index >= 15 is 0 Å². The quantitative estimate of drug-likeness (QED) is 0.518. The zero-order valence-electron chi connectivity index (χ0n) is 13.4. The fraction of sp³-hybridized carbons (Fsp3) is 0.100. The lowest BCUT2D eigenvalue weighted by Crippen LogP contribution is -2.01. The van der Waals surface area contributed by atoms with Gasteiger partial charge < -0.3 is 9.72 Å². The molecule has 0 radical (unpaired) electrons. The number of hydrogen-bond donors (Lipinski definition) is 1. The minimum atomic E-state index is 0.641. The Morgan fingerprint density at radius 2 is 1.88 bits per heavy atom. The summed E-state index contributed by atoms with van der Waals surface area (Å²) in [7, 11) is 0. The summed E-state index contributed by atoms with van der Waals surface area (Å²) >= 11 is 3.43. The maximum absolute atomic E-state index is 5.90. The smallest absolute Gasteiger partial charge is 0.178 e. The van der Waals surface area contributed by atoms with Gasteiger partial charge in [-0.25, -0.2) is 9.97 Å². The van der Waals surface area contributed by atoms with E-state index in [-0.39, 0.29) is 0 Å². The molecule has 4 rings (SSSR count). The summed E-state index contributed by atoms with van der Waals surface area (Å²) in [6, 6.07) is 20.3. The number of rotatable bonds is 5. The van der Waals surface area contributed by atoms with Crippen molar-refractivity contribution in [2.24, 2.45) is 0 Å². The number of hydrogen-bond acceptors (Lipinski definition) is 3. The molecule has 2 heterocycles. The van der Waals surface area contributed by atoms with Gasteiger partial charge in [-0.3, -0.25) is 0 Å². The molecular weight excluding hydrogens is 378 g/mol. The Kier molecular flexibility index (Phi) is 4.48. The molecule has 124 valence electrons. The number of nitrogens with zero attached hydrogens (tertiary/aromatic N) is 2. The van der Waals surface area contributed by atoms with Crippen LogP contribution in [0.3, 0.4) is 0 Å². The van der Waals surface area contributed by atoms with Crippen molar-refractivity contribution in [1.82, 2.24) is 15.0 Å². The average Bonchev–Trinajstić information content (AvgIpc) is 3.06. The monoisotopic (exact) mass is 393 g/mol. The Balaban J connectivity index is 1.50. The van der Waals surface area contributed by atoms with Crippen LogP contribution in [0.25, 0.3) is 22.6 Å². The van der Waals surface area contributed by atoms with Crippen molar-refractivity contribution in [3.8, 4) is 17.1 Å². The number of aromatic amines is 1. The SMILES string of the molecule is Brc1cnc2nc(-c3cccc(OCCc4ccccc4)c3)[nH]c2c1. The standard InChI is InChI=1S/C20H16BrN3O/c21-16-12-18-20(22-13-16)24-19(23-18)15-7-4-8-17(11-15)25-10-9-14-5-2-1-3-6-14/h1-8,11-13H,9-10H2,(H,22,23,24). The van der Waals surface area contributed by atoms with Crippen LogP contribution in [0, 0.1) is 0 Å². The molecule has 2 aromatic carbocycles. The van der Waals surface area contributed by atoms with Gasteiger partial charge in [-0.1, -0.05) is 42.5 Å². The second-order valence-corrected chi connectivity index (χ2v) is 6.64. The van der Waals surface area contributed by atoms with Gasteiger partial charge in [0.2, 0.25) is 0 Å². The van der Waals surface area contributed by atoms with Crippen LogP contribution in [-0.4, -0.2) is 21.6 Å². The highest BCUT2D eigenvalue weighted by atomic mass is 79.9. The van der Waals surface area contributed by atoms with Crippen molar-refractivity contribution in [2.75, 3.05) is 6.61 Å². The van der Waals surface area contributed by atoms with E-state index in [0.717, 1.165) is 33.5 Å². The predicted octanol–water partition coefficient (Wildman–Crippen LogP) is 5.01. The van der Waals surface area contributed by atoms with E-state index in [9.17, 15) is 0 Å². The van der Waals surface area contributed by atoms with E-state index in [0.29, 0.717) is 12.3 Å². The molecule has 2 aromatic heterocycles. The number of fused-ring (bicyclic) bond motifs is 1. The highest BCUT2D eigenvalue weighted by Crippen LogP contribution is 2.24. The van der Waals surface area contributed by atoms with Gasteiger partial charge in [0.1, 0.15) is 11.6 Å². The molecule has 0 aliphatic rings. The van der Waals surface area contributed by atoms with E-state index < -0.39 is 0 Å². The molecule has 0 amide bonds. The molecule has 0 aliphatic carbocycles. The number of nitrogens with one attached hydrogen (secondary N) is 1. The van der Waals surface area contributed by atoms with E-state index in [4.69, 9.17) is 4.74 Å². The van der Waals surface area contributed by atoms with E-state index in [2.05, 4.69) is 43.0 Å². The summed E-state index contributed by atoms with van der Waals surface area (Å²) < 4.78 is 6.82. The maximum atomic E-state index is 5.90. The summed E-state index contributed by atoms with van der Waals surface area (Å²) in [5, 5.41) is 0. The molecular formula is C20H16BrN3O. The molecule has 0 atom stereocenters. The molecule has 0 fully saturated rings. The molecule has 0 saturated heterocycles. The zero-order valence-corrected chi connectivity index (χ0v) is 15.0. The van der Waals surface area contributed by atoms with Gasteiger partial charge in [-0.05, 0) is 39.7 Å². The third kappa shape index (κ3) is 3.72. The Labute approximate surface area is 154 Å². The van der Waals surface area contributed by atoms with Crippen molar-refractivity contribution in [1.29, 1.82) is 0 Å². The third-order valence-corrected chi connectivity index (χ3v) is 4.35. The maximum Gasteiger partial charge on any atom is 0.178 e. The first kappa shape index (κ1) is 15.8. The van der Waals surface area contributed by atoms with Crippen LogP contribution >= 0.6 is 15.9 Å². The van der Waals surface area contributed by atoms with Gasteiger partial charge >= 0.3 is 0 Å². The number of imidazole rings is 1. The van der Waals surface area contributed by atoms with Gasteiger partial charge in [-0.2, -0.15) is 0 Å². The van der Waals surface area contributed by atoms with Crippen molar-refractivity contribution in [3.05, 3.63) is 76.9 Å². The minimum absolute atomic E-state index is 0.641. The highest BCUT2D eigenvalue weighted by Gasteiger charge is 2.08. The topological polar surface area (TPSA) is 50.8 Å². The van der Waals surface area contributed by atoms with E-state index in [1.807, 2.05) is 48.5 Å². The Hall–Kier alpha value is -2.66. The number of H-pyrrole nitrogens is 1. The number of pyridine rings is 1. The zero-order chi connectivity index (χ0) is 17.1. The molecule has 4 nitrogen and oxygen atoms in total. The molecule has 0 aliphatic heterocycles. The second-order valence-electron chi connectivity index (χ2n) is 5.72. The van der Waals surface area contributed by atoms with Crippen molar-refractivity contribution in [2.45, 2.75) is 6.42 Å². The fourth-order valence-electron chi connectivity index (χ4n) is 2.68. The second kappa shape index (κ2) is 7.07. The normalized spacial score (nSPS) is 10.9. The lowest BCUT2D eigenvalue weighted by Gasteiger charge is -2.07. The summed E-state index contributed by atoms with van der Waals surface area (Å²) in [4.78, 5) is 12.2. The number of ether oxygens (including phenoxy) is 1. The molecule has 0 unspecified atom stereocenters. The molecule has 1 N–H and O–H groups in total. The van der Waals surface area contributed by atoms with Crippen LogP contribution in [0.4, 0.5) is 0 Å². The lowest BCUT2D eigenvalue weighted by molar-refractivity contribution is 0.322. The summed E-state index contributed by atoms with van der Waals surface area (Å²) in [6.45, 7) is 0.641. The van der Waals surface area contributed by atoms with Crippen molar-refractivity contribution in [3.63, 3.8) is 0 Å². The Morgan fingerprint density at radius 1 is 1.00 bits per heavy atom. The average molecular weight is 394 g/mol. The van der Waals surface area contributed by atoms with Gasteiger partial charge in [-0.15, -0.1) is 0 Å². The van der Waals surface area contributed by atoms with Crippen LogP contribution in [0.5, 0.6) is 5.75 Å². The van der Waals surface area contributed by atoms with E-state index in [1.54, 1.807) is 6.20 Å². The minimum Gasteiger partial charge on any atom is -0.493 e. The van der Waals surface area contributed by atoms with Crippen LogP contribution in [0.1, 0.15) is 5.56 Å². The first-order valence-electron chi connectivity index (χ1n) is 8.06. The number of aromatic nitrogens is 3. The molecule has 0 bridgehead atoms. The molecule has 25 heavy (non-hydrogen) atoms. The molecule has 0 saturated carbocycles. The van der Waals surface area contributed by atoms with Crippen LogP contribution in [0.15, 0.2) is 71.3 Å². The largest absolute Gasteiger partial charge is 0.493 e. The summed E-state index contributed by atoms with van der Waals surface area (Å²) in [5.74, 6) is 1.62.